The molecule has 5 nitrogen and oxygen atoms in total. The molecule has 7 heteroatoms. The van der Waals surface area contributed by atoms with Crippen LogP contribution in [0.3, 0.4) is 0 Å². The lowest BCUT2D eigenvalue weighted by Crippen LogP contribution is -2.30. The molecule has 1 N–H and O–H groups in total. The van der Waals surface area contributed by atoms with Crippen molar-refractivity contribution in [1.82, 2.24) is 10.3 Å². The quantitative estimate of drug-likeness (QED) is 0.835. The number of hydrogen-bond donors (Lipinski definition) is 1. The number of hydrogen-bond acceptors (Lipinski definition) is 5. The van der Waals surface area contributed by atoms with Crippen molar-refractivity contribution in [2.24, 2.45) is 0 Å². The largest absolute Gasteiger partial charge is 0.484 e. The van der Waals surface area contributed by atoms with Gasteiger partial charge in [-0.05, 0) is 37.1 Å². The number of thiazole rings is 1. The second kappa shape index (κ2) is 8.10. The van der Waals surface area contributed by atoms with Crippen LogP contribution in [-0.4, -0.2) is 37.1 Å². The molecule has 1 fully saturated rings. The van der Waals surface area contributed by atoms with Crippen molar-refractivity contribution in [3.05, 3.63) is 41.2 Å². The summed E-state index contributed by atoms with van der Waals surface area (Å²) in [6.45, 7) is 2.62. The number of anilines is 1. The van der Waals surface area contributed by atoms with E-state index in [9.17, 15) is 9.18 Å². The maximum absolute atomic E-state index is 12.8. The van der Waals surface area contributed by atoms with E-state index < -0.39 is 0 Å². The molecule has 0 radical (unpaired) electrons. The molecule has 0 atom stereocenters. The van der Waals surface area contributed by atoms with Crippen LogP contribution < -0.4 is 15.0 Å². The first-order chi connectivity index (χ1) is 11.7. The van der Waals surface area contributed by atoms with Crippen molar-refractivity contribution in [1.29, 1.82) is 0 Å². The molecule has 0 saturated carbocycles. The minimum atomic E-state index is -0.330. The van der Waals surface area contributed by atoms with Crippen molar-refractivity contribution in [2.75, 3.05) is 31.1 Å². The lowest BCUT2D eigenvalue weighted by Gasteiger charge is -2.12. The van der Waals surface area contributed by atoms with E-state index in [-0.39, 0.29) is 18.3 Å². The summed E-state index contributed by atoms with van der Waals surface area (Å²) in [6, 6.07) is 5.59. The molecule has 1 aliphatic rings. The highest BCUT2D eigenvalue weighted by atomic mass is 32.1. The molecule has 0 unspecified atom stereocenters. The summed E-state index contributed by atoms with van der Waals surface area (Å²) in [7, 11) is 0. The number of amides is 1. The summed E-state index contributed by atoms with van der Waals surface area (Å²) in [4.78, 5) is 18.7. The van der Waals surface area contributed by atoms with Crippen LogP contribution in [0.15, 0.2) is 29.6 Å². The summed E-state index contributed by atoms with van der Waals surface area (Å²) in [5.41, 5.74) is 1.00. The van der Waals surface area contributed by atoms with Crippen LogP contribution in [0.25, 0.3) is 0 Å². The third kappa shape index (κ3) is 4.67. The number of aromatic nitrogens is 1. The molecule has 1 saturated heterocycles. The Balaban J connectivity index is 1.36. The van der Waals surface area contributed by atoms with Gasteiger partial charge in [0.05, 0.1) is 5.69 Å². The average Bonchev–Trinajstić information content (AvgIpc) is 3.25. The monoisotopic (exact) mass is 349 g/mol. The topological polar surface area (TPSA) is 54.5 Å². The number of nitrogens with one attached hydrogen (secondary N) is 1. The van der Waals surface area contributed by atoms with E-state index in [0.29, 0.717) is 18.7 Å². The smallest absolute Gasteiger partial charge is 0.257 e. The molecule has 128 valence electrons. The van der Waals surface area contributed by atoms with Crippen LogP contribution in [0.1, 0.15) is 18.5 Å². The zero-order chi connectivity index (χ0) is 16.8. The Morgan fingerprint density at radius 3 is 2.79 bits per heavy atom. The highest BCUT2D eigenvalue weighted by Gasteiger charge is 2.15. The third-order valence-corrected chi connectivity index (χ3v) is 4.75. The second-order valence-electron chi connectivity index (χ2n) is 5.66. The van der Waals surface area contributed by atoms with Crippen LogP contribution in [0, 0.1) is 5.82 Å². The fourth-order valence-electron chi connectivity index (χ4n) is 2.53. The zero-order valence-corrected chi connectivity index (χ0v) is 14.2. The van der Waals surface area contributed by atoms with Gasteiger partial charge in [0.15, 0.2) is 11.7 Å². The Hall–Kier alpha value is -2.15. The minimum Gasteiger partial charge on any atom is -0.484 e. The molecular formula is C17H20FN3O2S. The van der Waals surface area contributed by atoms with E-state index in [2.05, 4.69) is 20.6 Å². The van der Waals surface area contributed by atoms with Gasteiger partial charge in [0.2, 0.25) is 0 Å². The Morgan fingerprint density at radius 2 is 2.04 bits per heavy atom. The lowest BCUT2D eigenvalue weighted by atomic mass is 10.3. The van der Waals surface area contributed by atoms with Gasteiger partial charge >= 0.3 is 0 Å². The Bertz CT molecular complexity index is 669. The van der Waals surface area contributed by atoms with Gasteiger partial charge in [-0.1, -0.05) is 0 Å². The standard InChI is InChI=1S/C17H20FN3O2S/c18-13-3-5-15(6-4-13)23-11-16(22)19-8-7-14-12-24-17(20-14)21-9-1-2-10-21/h3-6,12H,1-2,7-11H2,(H,19,22). The molecule has 0 spiro atoms. The van der Waals surface area contributed by atoms with Crippen molar-refractivity contribution >= 4 is 22.4 Å². The molecule has 0 bridgehead atoms. The van der Waals surface area contributed by atoms with Crippen LogP contribution in [-0.2, 0) is 11.2 Å². The number of nitrogens with zero attached hydrogens (tertiary/aromatic N) is 2. The summed E-state index contributed by atoms with van der Waals surface area (Å²) in [5, 5.41) is 5.93. The van der Waals surface area contributed by atoms with E-state index in [1.54, 1.807) is 11.3 Å². The first-order valence-corrected chi connectivity index (χ1v) is 8.93. The van der Waals surface area contributed by atoms with Gasteiger partial charge in [-0.3, -0.25) is 4.79 Å². The van der Waals surface area contributed by atoms with Gasteiger partial charge < -0.3 is 15.0 Å². The SMILES string of the molecule is O=C(COc1ccc(F)cc1)NCCc1csc(N2CCCC2)n1. The first-order valence-electron chi connectivity index (χ1n) is 8.05. The number of halogens is 1. The van der Waals surface area contributed by atoms with Gasteiger partial charge in [0.1, 0.15) is 11.6 Å². The molecule has 24 heavy (non-hydrogen) atoms. The Morgan fingerprint density at radius 1 is 1.29 bits per heavy atom. The molecular weight excluding hydrogens is 329 g/mol. The predicted molar refractivity (Wildman–Crippen MR) is 92.2 cm³/mol. The average molecular weight is 349 g/mol. The van der Waals surface area contributed by atoms with E-state index in [4.69, 9.17) is 4.74 Å². The van der Waals surface area contributed by atoms with Crippen LogP contribution in [0.2, 0.25) is 0 Å². The summed E-state index contributed by atoms with van der Waals surface area (Å²) < 4.78 is 18.1. The molecule has 1 aromatic heterocycles. The van der Waals surface area contributed by atoms with E-state index in [1.165, 1.54) is 37.1 Å². The molecule has 0 aliphatic carbocycles. The van der Waals surface area contributed by atoms with Crippen molar-refractivity contribution < 1.29 is 13.9 Å². The van der Waals surface area contributed by atoms with Crippen molar-refractivity contribution in [2.45, 2.75) is 19.3 Å². The second-order valence-corrected chi connectivity index (χ2v) is 6.49. The zero-order valence-electron chi connectivity index (χ0n) is 13.3. The van der Waals surface area contributed by atoms with Gasteiger partial charge in [0.25, 0.3) is 5.91 Å². The Kier molecular flexibility index (Phi) is 5.63. The normalized spacial score (nSPS) is 14.0. The van der Waals surface area contributed by atoms with E-state index in [1.807, 2.05) is 0 Å². The number of carbonyl (C=O) groups excluding carboxylic acids is 1. The maximum atomic E-state index is 12.8. The highest BCUT2D eigenvalue weighted by molar-refractivity contribution is 7.13. The third-order valence-electron chi connectivity index (χ3n) is 3.80. The number of carbonyl (C=O) groups is 1. The summed E-state index contributed by atoms with van der Waals surface area (Å²) >= 11 is 1.66. The molecule has 3 rings (SSSR count). The van der Waals surface area contributed by atoms with E-state index in [0.717, 1.165) is 23.9 Å². The maximum Gasteiger partial charge on any atom is 0.257 e. The molecule has 1 aromatic carbocycles. The van der Waals surface area contributed by atoms with Crippen molar-refractivity contribution in [3.8, 4) is 5.75 Å². The Labute approximate surface area is 144 Å². The molecule has 1 amide bonds. The molecule has 1 aliphatic heterocycles. The van der Waals surface area contributed by atoms with Crippen molar-refractivity contribution in [3.63, 3.8) is 0 Å². The predicted octanol–water partition coefficient (Wildman–Crippen LogP) is 2.62. The van der Waals surface area contributed by atoms with Gasteiger partial charge in [-0.15, -0.1) is 11.3 Å². The minimum absolute atomic E-state index is 0.0816. The number of ether oxygens (including phenoxy) is 1. The summed E-state index contributed by atoms with van der Waals surface area (Å²) in [5.74, 6) is -0.0565. The molecule has 2 aromatic rings. The fraction of sp³-hybridized carbons (Fsp3) is 0.412. The fourth-order valence-corrected chi connectivity index (χ4v) is 3.44. The van der Waals surface area contributed by atoms with Gasteiger partial charge in [-0.2, -0.15) is 0 Å². The number of benzene rings is 1. The van der Waals surface area contributed by atoms with E-state index >= 15 is 0 Å². The van der Waals surface area contributed by atoms with Gasteiger partial charge in [-0.25, -0.2) is 9.37 Å². The first kappa shape index (κ1) is 16.7. The number of rotatable bonds is 7. The van der Waals surface area contributed by atoms with Gasteiger partial charge in [0, 0.05) is 31.4 Å². The van der Waals surface area contributed by atoms with Crippen LogP contribution in [0.5, 0.6) is 5.75 Å². The van der Waals surface area contributed by atoms with Crippen LogP contribution >= 0.6 is 11.3 Å². The summed E-state index contributed by atoms with van der Waals surface area (Å²) in [6.07, 6.45) is 3.17. The lowest BCUT2D eigenvalue weighted by molar-refractivity contribution is -0.123. The molecule has 2 heterocycles. The van der Waals surface area contributed by atoms with Crippen LogP contribution in [0.4, 0.5) is 9.52 Å². The highest BCUT2D eigenvalue weighted by Crippen LogP contribution is 2.24.